The van der Waals surface area contributed by atoms with Crippen LogP contribution >= 0.6 is 0 Å². The van der Waals surface area contributed by atoms with Crippen molar-refractivity contribution in [2.45, 2.75) is 19.1 Å². The van der Waals surface area contributed by atoms with Crippen LogP contribution in [0.1, 0.15) is 34.6 Å². The third-order valence-corrected chi connectivity index (χ3v) is 3.11. The quantitative estimate of drug-likeness (QED) is 0.847. The maximum atomic E-state index is 12.6. The fourth-order valence-corrected chi connectivity index (χ4v) is 1.93. The number of esters is 1. The molecule has 0 aliphatic heterocycles. The molecule has 0 aliphatic carbocycles. The molecule has 0 radical (unpaired) electrons. The van der Waals surface area contributed by atoms with E-state index in [4.69, 9.17) is 9.15 Å². The summed E-state index contributed by atoms with van der Waals surface area (Å²) >= 11 is 0. The zero-order chi connectivity index (χ0) is 17.7. The Balaban J connectivity index is 1.90. The molecule has 2 rings (SSSR count). The summed E-state index contributed by atoms with van der Waals surface area (Å²) in [5, 5.41) is 2.53. The zero-order valence-electron chi connectivity index (χ0n) is 12.6. The zero-order valence-corrected chi connectivity index (χ0v) is 12.6. The van der Waals surface area contributed by atoms with E-state index in [9.17, 15) is 22.8 Å². The lowest BCUT2D eigenvalue weighted by Gasteiger charge is -2.12. The predicted octanol–water partition coefficient (Wildman–Crippen LogP) is 3.33. The van der Waals surface area contributed by atoms with E-state index in [-0.39, 0.29) is 5.56 Å². The number of carbonyl (C=O) groups excluding carboxylic acids is 2. The van der Waals surface area contributed by atoms with Crippen LogP contribution in [0.25, 0.3) is 0 Å². The molecule has 128 valence electrons. The van der Waals surface area contributed by atoms with Crippen molar-refractivity contribution in [1.29, 1.82) is 0 Å². The largest absolute Gasteiger partial charge is 0.467 e. The van der Waals surface area contributed by atoms with Crippen molar-refractivity contribution in [3.05, 3.63) is 59.5 Å². The SMILES string of the molecule is C[C@@H](NC(=O)COC(=O)c1cccc(C(F)(F)F)c1)c1ccco1. The Morgan fingerprint density at radius 3 is 2.62 bits per heavy atom. The Morgan fingerprint density at radius 2 is 2.00 bits per heavy atom. The average Bonchev–Trinajstić information content (AvgIpc) is 3.06. The molecule has 1 aromatic heterocycles. The van der Waals surface area contributed by atoms with Gasteiger partial charge in [0.2, 0.25) is 0 Å². The molecule has 1 heterocycles. The van der Waals surface area contributed by atoms with Crippen LogP contribution in [0.15, 0.2) is 47.1 Å². The number of hydrogen-bond donors (Lipinski definition) is 1. The van der Waals surface area contributed by atoms with Crippen molar-refractivity contribution in [2.75, 3.05) is 6.61 Å². The summed E-state index contributed by atoms with van der Waals surface area (Å²) in [6, 6.07) is 6.69. The van der Waals surface area contributed by atoms with E-state index >= 15 is 0 Å². The molecule has 1 N–H and O–H groups in total. The highest BCUT2D eigenvalue weighted by Crippen LogP contribution is 2.29. The summed E-state index contributed by atoms with van der Waals surface area (Å²) in [7, 11) is 0. The second-order valence-electron chi connectivity index (χ2n) is 4.96. The normalized spacial score (nSPS) is 12.5. The molecule has 1 atom stereocenters. The first-order valence-corrected chi connectivity index (χ1v) is 6.94. The van der Waals surface area contributed by atoms with Crippen molar-refractivity contribution in [1.82, 2.24) is 5.32 Å². The van der Waals surface area contributed by atoms with E-state index < -0.39 is 36.3 Å². The van der Waals surface area contributed by atoms with Crippen LogP contribution < -0.4 is 5.32 Å². The summed E-state index contributed by atoms with van der Waals surface area (Å²) in [6.45, 7) is 1.06. The maximum absolute atomic E-state index is 12.6. The first-order valence-electron chi connectivity index (χ1n) is 6.94. The van der Waals surface area contributed by atoms with Crippen LogP contribution in [0.3, 0.4) is 0 Å². The molecule has 0 aliphatic rings. The van der Waals surface area contributed by atoms with E-state index in [1.807, 2.05) is 0 Å². The standard InChI is InChI=1S/C16H14F3NO4/c1-10(13-6-3-7-23-13)20-14(21)9-24-15(22)11-4-2-5-12(8-11)16(17,18)19/h2-8,10H,9H2,1H3,(H,20,21)/t10-/m1/s1. The number of nitrogens with one attached hydrogen (secondary N) is 1. The molecule has 24 heavy (non-hydrogen) atoms. The van der Waals surface area contributed by atoms with Gasteiger partial charge in [-0.05, 0) is 37.3 Å². The van der Waals surface area contributed by atoms with Gasteiger partial charge in [0.05, 0.1) is 23.4 Å². The van der Waals surface area contributed by atoms with E-state index in [1.54, 1.807) is 19.1 Å². The molecule has 5 nitrogen and oxygen atoms in total. The molecule has 2 aromatic rings. The van der Waals surface area contributed by atoms with Crippen molar-refractivity contribution >= 4 is 11.9 Å². The predicted molar refractivity (Wildman–Crippen MR) is 77.0 cm³/mol. The van der Waals surface area contributed by atoms with Gasteiger partial charge in [0, 0.05) is 0 Å². The van der Waals surface area contributed by atoms with Gasteiger partial charge in [-0.15, -0.1) is 0 Å². The maximum Gasteiger partial charge on any atom is 0.416 e. The van der Waals surface area contributed by atoms with Gasteiger partial charge in [0.15, 0.2) is 6.61 Å². The van der Waals surface area contributed by atoms with Gasteiger partial charge in [-0.1, -0.05) is 6.07 Å². The molecule has 0 bridgehead atoms. The lowest BCUT2D eigenvalue weighted by atomic mass is 10.1. The van der Waals surface area contributed by atoms with Gasteiger partial charge in [-0.2, -0.15) is 13.2 Å². The smallest absolute Gasteiger partial charge is 0.416 e. The van der Waals surface area contributed by atoms with Gasteiger partial charge in [-0.3, -0.25) is 4.79 Å². The van der Waals surface area contributed by atoms with Gasteiger partial charge >= 0.3 is 12.1 Å². The summed E-state index contributed by atoms with van der Waals surface area (Å²) < 4.78 is 47.6. The van der Waals surface area contributed by atoms with Gasteiger partial charge < -0.3 is 14.5 Å². The number of amides is 1. The minimum atomic E-state index is -4.56. The molecule has 8 heteroatoms. The Kier molecular flexibility index (Phi) is 5.28. The van der Waals surface area contributed by atoms with Crippen LogP contribution in [0, 0.1) is 0 Å². The van der Waals surface area contributed by atoms with E-state index in [0.29, 0.717) is 11.8 Å². The first-order chi connectivity index (χ1) is 11.3. The van der Waals surface area contributed by atoms with E-state index in [2.05, 4.69) is 5.32 Å². The van der Waals surface area contributed by atoms with E-state index in [1.165, 1.54) is 12.3 Å². The highest BCUT2D eigenvalue weighted by atomic mass is 19.4. The fourth-order valence-electron chi connectivity index (χ4n) is 1.93. The third-order valence-electron chi connectivity index (χ3n) is 3.11. The molecule has 1 aromatic carbocycles. The molecule has 1 amide bonds. The number of carbonyl (C=O) groups is 2. The number of rotatable bonds is 5. The van der Waals surface area contributed by atoms with Crippen molar-refractivity contribution in [3.8, 4) is 0 Å². The van der Waals surface area contributed by atoms with Gasteiger partial charge in [0.25, 0.3) is 5.91 Å². The van der Waals surface area contributed by atoms with Crippen LogP contribution in [0.5, 0.6) is 0 Å². The van der Waals surface area contributed by atoms with Gasteiger partial charge in [-0.25, -0.2) is 4.79 Å². The fraction of sp³-hybridized carbons (Fsp3) is 0.250. The summed E-state index contributed by atoms with van der Waals surface area (Å²) in [5.74, 6) is -1.09. The third kappa shape index (κ3) is 4.61. The Labute approximate surface area is 135 Å². The number of benzene rings is 1. The highest BCUT2D eigenvalue weighted by Gasteiger charge is 2.31. The van der Waals surface area contributed by atoms with Crippen molar-refractivity contribution in [3.63, 3.8) is 0 Å². The number of alkyl halides is 3. The second-order valence-corrected chi connectivity index (χ2v) is 4.96. The second kappa shape index (κ2) is 7.20. The van der Waals surface area contributed by atoms with Crippen LogP contribution in [0.2, 0.25) is 0 Å². The average molecular weight is 341 g/mol. The van der Waals surface area contributed by atoms with Crippen LogP contribution in [-0.4, -0.2) is 18.5 Å². The molecule has 0 unspecified atom stereocenters. The summed E-state index contributed by atoms with van der Waals surface area (Å²) in [6.07, 6.45) is -3.11. The molecule has 0 saturated carbocycles. The molecular weight excluding hydrogens is 327 g/mol. The lowest BCUT2D eigenvalue weighted by Crippen LogP contribution is -2.31. The Hall–Kier alpha value is -2.77. The number of ether oxygens (including phenoxy) is 1. The number of hydrogen-bond acceptors (Lipinski definition) is 4. The van der Waals surface area contributed by atoms with Crippen LogP contribution in [0.4, 0.5) is 13.2 Å². The topological polar surface area (TPSA) is 68.5 Å². The minimum absolute atomic E-state index is 0.281. The van der Waals surface area contributed by atoms with Gasteiger partial charge in [0.1, 0.15) is 5.76 Å². The number of halogens is 3. The highest BCUT2D eigenvalue weighted by molar-refractivity contribution is 5.91. The lowest BCUT2D eigenvalue weighted by molar-refractivity contribution is -0.137. The molecule has 0 spiro atoms. The molecule has 0 saturated heterocycles. The monoisotopic (exact) mass is 341 g/mol. The van der Waals surface area contributed by atoms with E-state index in [0.717, 1.165) is 12.1 Å². The molecular formula is C16H14F3NO4. The first kappa shape index (κ1) is 17.6. The Bertz CT molecular complexity index is 710. The summed E-state index contributed by atoms with van der Waals surface area (Å²) in [4.78, 5) is 23.5. The molecule has 0 fully saturated rings. The number of furan rings is 1. The van der Waals surface area contributed by atoms with Crippen molar-refractivity contribution in [2.24, 2.45) is 0 Å². The Morgan fingerprint density at radius 1 is 1.25 bits per heavy atom. The minimum Gasteiger partial charge on any atom is -0.467 e. The summed E-state index contributed by atoms with van der Waals surface area (Å²) in [5.41, 5.74) is -1.25. The van der Waals surface area contributed by atoms with Crippen molar-refractivity contribution < 1.29 is 31.9 Å². The van der Waals surface area contributed by atoms with Crippen LogP contribution in [-0.2, 0) is 15.7 Å².